The van der Waals surface area contributed by atoms with E-state index in [0.717, 1.165) is 22.0 Å². The predicted molar refractivity (Wildman–Crippen MR) is 84.8 cm³/mol. The Morgan fingerprint density at radius 3 is 2.45 bits per heavy atom. The number of hydrogen-bond acceptors (Lipinski definition) is 3. The summed E-state index contributed by atoms with van der Waals surface area (Å²) in [6, 6.07) is 17.8. The lowest BCUT2D eigenvalue weighted by Gasteiger charge is -2.16. The second-order valence-electron chi connectivity index (χ2n) is 4.38. The lowest BCUT2D eigenvalue weighted by molar-refractivity contribution is 0.405. The third-order valence-corrected chi connectivity index (χ3v) is 4.20. The van der Waals surface area contributed by atoms with E-state index in [1.165, 1.54) is 0 Å². The largest absolute Gasteiger partial charge is 0.496 e. The third kappa shape index (κ3) is 3.54. The van der Waals surface area contributed by atoms with Gasteiger partial charge in [0.15, 0.2) is 0 Å². The van der Waals surface area contributed by atoms with E-state index in [4.69, 9.17) is 15.9 Å². The number of para-hydroxylation sites is 1. The summed E-state index contributed by atoms with van der Waals surface area (Å²) in [4.78, 5) is 1.07. The zero-order chi connectivity index (χ0) is 14.4. The van der Waals surface area contributed by atoms with Crippen LogP contribution in [0.2, 0.25) is 0 Å². The zero-order valence-electron chi connectivity index (χ0n) is 11.4. The maximum atomic E-state index is 7.79. The Kier molecular flexibility index (Phi) is 5.07. The SMILES string of the molecule is COc1ccccc1SCC(C(=N)N)c1ccccc1. The molecule has 4 heteroatoms. The van der Waals surface area contributed by atoms with E-state index >= 15 is 0 Å². The summed E-state index contributed by atoms with van der Waals surface area (Å²) < 4.78 is 5.34. The molecule has 0 fully saturated rings. The molecule has 2 aromatic carbocycles. The summed E-state index contributed by atoms with van der Waals surface area (Å²) in [6.07, 6.45) is 0. The van der Waals surface area contributed by atoms with Crippen molar-refractivity contribution in [3.05, 3.63) is 60.2 Å². The second-order valence-corrected chi connectivity index (χ2v) is 5.44. The van der Waals surface area contributed by atoms with Crippen molar-refractivity contribution in [2.24, 2.45) is 5.73 Å². The van der Waals surface area contributed by atoms with E-state index < -0.39 is 0 Å². The summed E-state index contributed by atoms with van der Waals surface area (Å²) >= 11 is 1.66. The highest BCUT2D eigenvalue weighted by atomic mass is 32.2. The van der Waals surface area contributed by atoms with Crippen LogP contribution in [-0.2, 0) is 0 Å². The van der Waals surface area contributed by atoms with Crippen LogP contribution >= 0.6 is 11.8 Å². The second kappa shape index (κ2) is 7.01. The Balaban J connectivity index is 2.12. The lowest BCUT2D eigenvalue weighted by atomic mass is 10.0. The number of ether oxygens (including phenoxy) is 1. The molecule has 20 heavy (non-hydrogen) atoms. The molecule has 0 heterocycles. The Labute approximate surface area is 123 Å². The molecule has 3 N–H and O–H groups in total. The summed E-state index contributed by atoms with van der Waals surface area (Å²) in [5, 5.41) is 7.79. The number of methoxy groups -OCH3 is 1. The summed E-state index contributed by atoms with van der Waals surface area (Å²) in [5.41, 5.74) is 6.81. The predicted octanol–water partition coefficient (Wildman–Crippen LogP) is 3.51. The number of hydrogen-bond donors (Lipinski definition) is 2. The fraction of sp³-hybridized carbons (Fsp3) is 0.188. The minimum absolute atomic E-state index is 0.0777. The lowest BCUT2D eigenvalue weighted by Crippen LogP contribution is -2.22. The summed E-state index contributed by atoms with van der Waals surface area (Å²) in [7, 11) is 1.67. The van der Waals surface area contributed by atoms with Crippen LogP contribution in [0.4, 0.5) is 0 Å². The molecule has 0 radical (unpaired) electrons. The molecule has 0 saturated heterocycles. The molecular formula is C16H18N2OS. The van der Waals surface area contributed by atoms with E-state index in [1.807, 2.05) is 54.6 Å². The van der Waals surface area contributed by atoms with Crippen LogP contribution in [0.3, 0.4) is 0 Å². The van der Waals surface area contributed by atoms with Gasteiger partial charge in [-0.05, 0) is 17.7 Å². The third-order valence-electron chi connectivity index (χ3n) is 3.05. The highest BCUT2D eigenvalue weighted by Gasteiger charge is 2.16. The average Bonchev–Trinajstić information content (AvgIpc) is 2.48. The van der Waals surface area contributed by atoms with E-state index in [9.17, 15) is 0 Å². The van der Waals surface area contributed by atoms with Crippen molar-refractivity contribution in [3.63, 3.8) is 0 Å². The molecule has 0 bridgehead atoms. The first kappa shape index (κ1) is 14.5. The number of nitrogens with one attached hydrogen (secondary N) is 1. The molecule has 0 spiro atoms. The summed E-state index contributed by atoms with van der Waals surface area (Å²) in [6.45, 7) is 0. The fourth-order valence-corrected chi connectivity index (χ4v) is 3.15. The van der Waals surface area contributed by atoms with Crippen molar-refractivity contribution in [3.8, 4) is 5.75 Å². The van der Waals surface area contributed by atoms with Gasteiger partial charge in [0.05, 0.1) is 18.9 Å². The number of nitrogens with two attached hydrogens (primary N) is 1. The smallest absolute Gasteiger partial charge is 0.132 e. The van der Waals surface area contributed by atoms with Crippen molar-refractivity contribution >= 4 is 17.6 Å². The molecule has 2 rings (SSSR count). The quantitative estimate of drug-likeness (QED) is 0.485. The van der Waals surface area contributed by atoms with Gasteiger partial charge >= 0.3 is 0 Å². The molecule has 0 aliphatic carbocycles. The number of thioether (sulfide) groups is 1. The van der Waals surface area contributed by atoms with Gasteiger partial charge in [-0.2, -0.15) is 0 Å². The van der Waals surface area contributed by atoms with Crippen LogP contribution < -0.4 is 10.5 Å². The molecule has 1 unspecified atom stereocenters. The monoisotopic (exact) mass is 286 g/mol. The maximum absolute atomic E-state index is 7.79. The first-order chi connectivity index (χ1) is 9.72. The average molecular weight is 286 g/mol. The molecule has 0 aliphatic rings. The highest BCUT2D eigenvalue weighted by Crippen LogP contribution is 2.32. The van der Waals surface area contributed by atoms with Crippen molar-refractivity contribution in [2.45, 2.75) is 10.8 Å². The minimum Gasteiger partial charge on any atom is -0.496 e. The Morgan fingerprint density at radius 1 is 1.15 bits per heavy atom. The van der Waals surface area contributed by atoms with Gasteiger partial charge in [0.25, 0.3) is 0 Å². The highest BCUT2D eigenvalue weighted by molar-refractivity contribution is 7.99. The van der Waals surface area contributed by atoms with E-state index in [-0.39, 0.29) is 11.8 Å². The van der Waals surface area contributed by atoms with Gasteiger partial charge in [-0.3, -0.25) is 5.41 Å². The zero-order valence-corrected chi connectivity index (χ0v) is 12.2. The number of rotatable bonds is 6. The first-order valence-corrected chi connectivity index (χ1v) is 7.35. The van der Waals surface area contributed by atoms with E-state index in [1.54, 1.807) is 18.9 Å². The molecule has 0 aromatic heterocycles. The van der Waals surface area contributed by atoms with Crippen molar-refractivity contribution < 1.29 is 4.74 Å². The van der Waals surface area contributed by atoms with Crippen LogP contribution in [0.1, 0.15) is 11.5 Å². The van der Waals surface area contributed by atoms with E-state index in [2.05, 4.69) is 0 Å². The molecule has 1 atom stereocenters. The first-order valence-electron chi connectivity index (χ1n) is 6.37. The van der Waals surface area contributed by atoms with Gasteiger partial charge in [-0.25, -0.2) is 0 Å². The molecule has 0 amide bonds. The topological polar surface area (TPSA) is 59.1 Å². The number of benzene rings is 2. The van der Waals surface area contributed by atoms with Gasteiger partial charge in [0.1, 0.15) is 5.75 Å². The summed E-state index contributed by atoms with van der Waals surface area (Å²) in [5.74, 6) is 1.69. The van der Waals surface area contributed by atoms with Crippen LogP contribution in [0.15, 0.2) is 59.5 Å². The molecule has 2 aromatic rings. The van der Waals surface area contributed by atoms with Crippen molar-refractivity contribution in [2.75, 3.05) is 12.9 Å². The Hall–Kier alpha value is -1.94. The Bertz CT molecular complexity index is 572. The van der Waals surface area contributed by atoms with Gasteiger partial charge in [-0.15, -0.1) is 11.8 Å². The molecule has 3 nitrogen and oxygen atoms in total. The fourth-order valence-electron chi connectivity index (χ4n) is 1.96. The standard InChI is InChI=1S/C16H18N2OS/c1-19-14-9-5-6-10-15(14)20-11-13(16(17)18)12-7-3-2-4-8-12/h2-10,13H,11H2,1H3,(H3,17,18). The maximum Gasteiger partial charge on any atom is 0.132 e. The van der Waals surface area contributed by atoms with Crippen molar-refractivity contribution in [1.82, 2.24) is 0 Å². The van der Waals surface area contributed by atoms with Crippen LogP contribution in [0.5, 0.6) is 5.75 Å². The van der Waals surface area contributed by atoms with Crippen LogP contribution in [0, 0.1) is 5.41 Å². The minimum atomic E-state index is -0.0777. The molecular weight excluding hydrogens is 268 g/mol. The van der Waals surface area contributed by atoms with Gasteiger partial charge in [-0.1, -0.05) is 42.5 Å². The Morgan fingerprint density at radius 2 is 1.80 bits per heavy atom. The van der Waals surface area contributed by atoms with Gasteiger partial charge < -0.3 is 10.5 Å². The van der Waals surface area contributed by atoms with Gasteiger partial charge in [0.2, 0.25) is 0 Å². The van der Waals surface area contributed by atoms with E-state index in [0.29, 0.717) is 0 Å². The van der Waals surface area contributed by atoms with Crippen LogP contribution in [0.25, 0.3) is 0 Å². The molecule has 0 aliphatic heterocycles. The van der Waals surface area contributed by atoms with Crippen molar-refractivity contribution in [1.29, 1.82) is 5.41 Å². The molecule has 104 valence electrons. The number of amidine groups is 1. The van der Waals surface area contributed by atoms with Gasteiger partial charge in [0, 0.05) is 10.6 Å². The normalized spacial score (nSPS) is 11.8. The molecule has 0 saturated carbocycles. The van der Waals surface area contributed by atoms with Crippen LogP contribution in [-0.4, -0.2) is 18.7 Å².